The molecule has 0 radical (unpaired) electrons. The summed E-state index contributed by atoms with van der Waals surface area (Å²) in [6.45, 7) is 8.45. The summed E-state index contributed by atoms with van der Waals surface area (Å²) in [5.41, 5.74) is 5.97. The summed E-state index contributed by atoms with van der Waals surface area (Å²) in [6.07, 6.45) is 3.95. The number of amides is 1. The van der Waals surface area contributed by atoms with Gasteiger partial charge in [0.1, 0.15) is 11.3 Å². The summed E-state index contributed by atoms with van der Waals surface area (Å²) < 4.78 is 5.34. The largest absolute Gasteiger partial charge is 0.368 e. The molecule has 0 bridgehead atoms. The van der Waals surface area contributed by atoms with E-state index in [4.69, 9.17) is 4.52 Å². The Kier molecular flexibility index (Phi) is 5.57. The second kappa shape index (κ2) is 8.89. The number of carbonyl (C=O) groups excluding carboxylic acids is 1. The third-order valence-electron chi connectivity index (χ3n) is 7.58. The fourth-order valence-corrected chi connectivity index (χ4v) is 5.78. The van der Waals surface area contributed by atoms with Gasteiger partial charge in [0.25, 0.3) is 5.91 Å². The molecule has 2 aromatic heterocycles. The lowest BCUT2D eigenvalue weighted by molar-refractivity contribution is 0.0961. The van der Waals surface area contributed by atoms with Crippen molar-refractivity contribution in [1.82, 2.24) is 15.0 Å². The number of aromatic nitrogens is 2. The number of anilines is 2. The van der Waals surface area contributed by atoms with Crippen LogP contribution in [0.25, 0.3) is 10.9 Å². The number of aromatic amines is 1. The van der Waals surface area contributed by atoms with Gasteiger partial charge < -0.3 is 19.3 Å². The van der Waals surface area contributed by atoms with Gasteiger partial charge in [0, 0.05) is 61.2 Å². The van der Waals surface area contributed by atoms with Crippen LogP contribution in [0.1, 0.15) is 33.8 Å². The van der Waals surface area contributed by atoms with Gasteiger partial charge in [-0.25, -0.2) is 0 Å². The number of hydrogen-bond acceptors (Lipinski definition) is 5. The van der Waals surface area contributed by atoms with Gasteiger partial charge in [-0.05, 0) is 56.5 Å². The number of hydrogen-bond donors (Lipinski definition) is 1. The summed E-state index contributed by atoms with van der Waals surface area (Å²) >= 11 is 0. The molecule has 6 rings (SSSR count). The van der Waals surface area contributed by atoms with Crippen molar-refractivity contribution in [3.8, 4) is 0 Å². The van der Waals surface area contributed by atoms with Crippen molar-refractivity contribution >= 4 is 28.2 Å². The molecular weight excluding hydrogens is 438 g/mol. The zero-order chi connectivity index (χ0) is 23.9. The Bertz CT molecular complexity index is 1350. The minimum absolute atomic E-state index is 0.00354. The molecule has 1 atom stereocenters. The van der Waals surface area contributed by atoms with E-state index in [2.05, 4.69) is 62.4 Å². The van der Waals surface area contributed by atoms with E-state index in [0.29, 0.717) is 17.0 Å². The molecule has 4 aromatic rings. The topological polar surface area (TPSA) is 68.6 Å². The van der Waals surface area contributed by atoms with Crippen LogP contribution in [0.5, 0.6) is 0 Å². The van der Waals surface area contributed by atoms with Gasteiger partial charge in [-0.3, -0.25) is 9.69 Å². The Labute approximate surface area is 205 Å². The Balaban J connectivity index is 1.21. The lowest BCUT2D eigenvalue weighted by Gasteiger charge is -2.42. The minimum atomic E-state index is -0.00354. The molecule has 2 aliphatic rings. The number of nitrogens with one attached hydrogen (secondary N) is 1. The second-order valence-corrected chi connectivity index (χ2v) is 9.70. The van der Waals surface area contributed by atoms with Gasteiger partial charge in [0.15, 0.2) is 0 Å². The van der Waals surface area contributed by atoms with Crippen molar-refractivity contribution in [3.05, 3.63) is 77.3 Å². The third kappa shape index (κ3) is 3.90. The van der Waals surface area contributed by atoms with E-state index >= 15 is 0 Å². The maximum Gasteiger partial charge on any atom is 0.264 e. The van der Waals surface area contributed by atoms with Crippen molar-refractivity contribution in [2.75, 3.05) is 42.5 Å². The number of benzene rings is 2. The number of para-hydroxylation sites is 1. The number of aryl methyl sites for hydroxylation is 3. The Morgan fingerprint density at radius 3 is 2.63 bits per heavy atom. The summed E-state index contributed by atoms with van der Waals surface area (Å²) in [6, 6.07) is 17.0. The molecule has 2 aromatic carbocycles. The van der Waals surface area contributed by atoms with E-state index in [1.807, 2.05) is 31.0 Å². The van der Waals surface area contributed by atoms with Crippen LogP contribution in [0.2, 0.25) is 0 Å². The number of H-pyrrole nitrogens is 1. The summed E-state index contributed by atoms with van der Waals surface area (Å²) in [5.74, 6) is 0.582. The van der Waals surface area contributed by atoms with Gasteiger partial charge in [-0.1, -0.05) is 29.4 Å². The molecule has 1 saturated heterocycles. The number of carbonyl (C=O) groups is 1. The molecule has 0 aliphatic carbocycles. The van der Waals surface area contributed by atoms with Crippen LogP contribution in [-0.2, 0) is 6.42 Å². The zero-order valence-corrected chi connectivity index (χ0v) is 20.3. The van der Waals surface area contributed by atoms with Gasteiger partial charge >= 0.3 is 0 Å². The first-order chi connectivity index (χ1) is 17.1. The SMILES string of the molecule is Cc1noc(C)c1C(=O)N1c2ccccc2CCC1CN1CCN(c2cccc3[nH]ccc23)CC1. The maximum atomic E-state index is 13.8. The van der Waals surface area contributed by atoms with Gasteiger partial charge in [0.2, 0.25) is 0 Å². The van der Waals surface area contributed by atoms with Gasteiger partial charge in [0.05, 0.1) is 11.7 Å². The van der Waals surface area contributed by atoms with Crippen molar-refractivity contribution < 1.29 is 9.32 Å². The van der Waals surface area contributed by atoms with E-state index in [1.54, 1.807) is 0 Å². The molecule has 0 saturated carbocycles. The Hall–Kier alpha value is -3.58. The molecule has 7 nitrogen and oxygen atoms in total. The fraction of sp³-hybridized carbons (Fsp3) is 0.357. The lowest BCUT2D eigenvalue weighted by atomic mass is 9.94. The normalized spacial score (nSPS) is 18.7. The molecule has 1 unspecified atom stereocenters. The maximum absolute atomic E-state index is 13.8. The van der Waals surface area contributed by atoms with Crippen LogP contribution in [0.4, 0.5) is 11.4 Å². The average molecular weight is 470 g/mol. The molecule has 1 amide bonds. The fourth-order valence-electron chi connectivity index (χ4n) is 5.78. The Morgan fingerprint density at radius 1 is 1.03 bits per heavy atom. The van der Waals surface area contributed by atoms with E-state index in [-0.39, 0.29) is 11.9 Å². The molecule has 35 heavy (non-hydrogen) atoms. The van der Waals surface area contributed by atoms with E-state index in [0.717, 1.165) is 51.3 Å². The predicted octanol–water partition coefficient (Wildman–Crippen LogP) is 4.56. The average Bonchev–Trinajstić information content (AvgIpc) is 3.50. The molecule has 180 valence electrons. The van der Waals surface area contributed by atoms with Crippen molar-refractivity contribution in [2.24, 2.45) is 0 Å². The highest BCUT2D eigenvalue weighted by molar-refractivity contribution is 6.08. The first kappa shape index (κ1) is 21.9. The van der Waals surface area contributed by atoms with Crippen LogP contribution in [0.15, 0.2) is 59.3 Å². The van der Waals surface area contributed by atoms with Gasteiger partial charge in [-0.2, -0.15) is 0 Å². The zero-order valence-electron chi connectivity index (χ0n) is 20.3. The highest BCUT2D eigenvalue weighted by atomic mass is 16.5. The molecule has 0 spiro atoms. The first-order valence-electron chi connectivity index (χ1n) is 12.5. The van der Waals surface area contributed by atoms with E-state index in [9.17, 15) is 4.79 Å². The monoisotopic (exact) mass is 469 g/mol. The van der Waals surface area contributed by atoms with Crippen molar-refractivity contribution in [1.29, 1.82) is 0 Å². The molecule has 7 heteroatoms. The van der Waals surface area contributed by atoms with Crippen molar-refractivity contribution in [2.45, 2.75) is 32.7 Å². The smallest absolute Gasteiger partial charge is 0.264 e. The quantitative estimate of drug-likeness (QED) is 0.475. The van der Waals surface area contributed by atoms with Crippen LogP contribution < -0.4 is 9.80 Å². The number of piperazine rings is 1. The Morgan fingerprint density at radius 2 is 1.83 bits per heavy atom. The number of nitrogens with zero attached hydrogens (tertiary/aromatic N) is 4. The van der Waals surface area contributed by atoms with Crippen LogP contribution in [-0.4, -0.2) is 59.7 Å². The van der Waals surface area contributed by atoms with E-state index in [1.165, 1.54) is 22.2 Å². The highest BCUT2D eigenvalue weighted by Gasteiger charge is 2.35. The lowest BCUT2D eigenvalue weighted by Crippen LogP contribution is -2.54. The first-order valence-corrected chi connectivity index (χ1v) is 12.5. The third-order valence-corrected chi connectivity index (χ3v) is 7.58. The molecule has 1 fully saturated rings. The van der Waals surface area contributed by atoms with Crippen LogP contribution in [0, 0.1) is 13.8 Å². The predicted molar refractivity (Wildman–Crippen MR) is 138 cm³/mol. The molecule has 1 N–H and O–H groups in total. The van der Waals surface area contributed by atoms with Crippen molar-refractivity contribution in [3.63, 3.8) is 0 Å². The number of fused-ring (bicyclic) bond motifs is 2. The highest BCUT2D eigenvalue weighted by Crippen LogP contribution is 2.34. The standard InChI is InChI=1S/C28H31N5O2/c1-19-27(20(2)35-30-19)28(34)33-22(11-10-21-6-3-4-8-25(21)33)18-31-14-16-32(17-15-31)26-9-5-7-24-23(26)12-13-29-24/h3-9,12-13,22,29H,10-11,14-18H2,1-2H3. The summed E-state index contributed by atoms with van der Waals surface area (Å²) in [4.78, 5) is 24.2. The van der Waals surface area contributed by atoms with Crippen LogP contribution >= 0.6 is 0 Å². The summed E-state index contributed by atoms with van der Waals surface area (Å²) in [7, 11) is 0. The van der Waals surface area contributed by atoms with E-state index < -0.39 is 0 Å². The van der Waals surface area contributed by atoms with Gasteiger partial charge in [-0.15, -0.1) is 0 Å². The summed E-state index contributed by atoms with van der Waals surface area (Å²) in [5, 5.41) is 5.32. The minimum Gasteiger partial charge on any atom is -0.368 e. The van der Waals surface area contributed by atoms with Crippen LogP contribution in [0.3, 0.4) is 0 Å². The number of rotatable bonds is 4. The molecule has 4 heterocycles. The molecular formula is C28H31N5O2. The second-order valence-electron chi connectivity index (χ2n) is 9.70. The molecule has 2 aliphatic heterocycles.